The van der Waals surface area contributed by atoms with Crippen LogP contribution in [0.2, 0.25) is 0 Å². The lowest BCUT2D eigenvalue weighted by Crippen LogP contribution is -2.41. The van der Waals surface area contributed by atoms with E-state index in [0.717, 1.165) is 43.2 Å². The van der Waals surface area contributed by atoms with Gasteiger partial charge in [0.15, 0.2) is 11.5 Å². The fourth-order valence-electron chi connectivity index (χ4n) is 3.79. The van der Waals surface area contributed by atoms with E-state index in [-0.39, 0.29) is 0 Å². The normalized spacial score (nSPS) is 19.9. The topological polar surface area (TPSA) is 62.4 Å². The van der Waals surface area contributed by atoms with Crippen molar-refractivity contribution in [3.8, 4) is 11.5 Å². The molecule has 1 aromatic carbocycles. The molecule has 2 aromatic rings. The number of anilines is 1. The number of piperidine rings is 1. The van der Waals surface area contributed by atoms with Crippen molar-refractivity contribution in [2.75, 3.05) is 25.2 Å². The molecule has 1 aromatic heterocycles. The van der Waals surface area contributed by atoms with Gasteiger partial charge in [-0.15, -0.1) is 0 Å². The Morgan fingerprint density at radius 1 is 1.27 bits per heavy atom. The molecule has 2 aliphatic heterocycles. The summed E-state index contributed by atoms with van der Waals surface area (Å²) in [6, 6.07) is 8.75. The second-order valence-electron chi connectivity index (χ2n) is 7.77. The van der Waals surface area contributed by atoms with E-state index in [1.807, 2.05) is 12.1 Å². The largest absolute Gasteiger partial charge is 0.454 e. The van der Waals surface area contributed by atoms with Crippen molar-refractivity contribution in [2.45, 2.75) is 45.7 Å². The average molecular weight is 356 g/mol. The van der Waals surface area contributed by atoms with Crippen LogP contribution in [0.1, 0.15) is 38.1 Å². The number of nitrogens with zero attached hydrogens (tertiary/aromatic N) is 2. The molecule has 0 aliphatic carbocycles. The summed E-state index contributed by atoms with van der Waals surface area (Å²) < 4.78 is 10.9. The highest BCUT2D eigenvalue weighted by molar-refractivity contribution is 5.56. The molecule has 0 bridgehead atoms. The third-order valence-corrected chi connectivity index (χ3v) is 4.94. The van der Waals surface area contributed by atoms with Crippen LogP contribution in [0.3, 0.4) is 0 Å². The predicted octanol–water partition coefficient (Wildman–Crippen LogP) is 3.41. The van der Waals surface area contributed by atoms with Crippen LogP contribution in [-0.4, -0.2) is 41.0 Å². The summed E-state index contributed by atoms with van der Waals surface area (Å²) in [7, 11) is 0. The maximum Gasteiger partial charge on any atom is 0.231 e. The van der Waals surface area contributed by atoms with Gasteiger partial charge in [0, 0.05) is 36.6 Å². The van der Waals surface area contributed by atoms with E-state index in [1.165, 1.54) is 24.2 Å². The molecule has 1 fully saturated rings. The van der Waals surface area contributed by atoms with Crippen molar-refractivity contribution in [1.82, 2.24) is 15.1 Å². The quantitative estimate of drug-likeness (QED) is 0.830. The molecule has 0 saturated carbocycles. The highest BCUT2D eigenvalue weighted by Gasteiger charge is 2.21. The van der Waals surface area contributed by atoms with Gasteiger partial charge in [0.05, 0.1) is 5.69 Å². The molecule has 140 valence electrons. The van der Waals surface area contributed by atoms with Crippen LogP contribution < -0.4 is 14.8 Å². The Kier molecular flexibility index (Phi) is 5.02. The summed E-state index contributed by atoms with van der Waals surface area (Å²) in [5.74, 6) is 2.30. The molecule has 0 radical (unpaired) electrons. The first kappa shape index (κ1) is 17.2. The molecular weight excluding hydrogens is 328 g/mol. The molecule has 26 heavy (non-hydrogen) atoms. The Morgan fingerprint density at radius 3 is 3.04 bits per heavy atom. The van der Waals surface area contributed by atoms with Crippen LogP contribution in [0, 0.1) is 5.92 Å². The van der Waals surface area contributed by atoms with E-state index in [1.54, 1.807) is 0 Å². The average Bonchev–Trinajstić information content (AvgIpc) is 3.23. The van der Waals surface area contributed by atoms with Gasteiger partial charge in [-0.25, -0.2) is 0 Å². The van der Waals surface area contributed by atoms with Crippen LogP contribution in [-0.2, 0) is 13.0 Å². The zero-order valence-corrected chi connectivity index (χ0v) is 15.6. The number of nitrogens with one attached hydrogen (secondary N) is 2. The fourth-order valence-corrected chi connectivity index (χ4v) is 3.79. The van der Waals surface area contributed by atoms with Gasteiger partial charge in [-0.3, -0.25) is 10.00 Å². The van der Waals surface area contributed by atoms with E-state index in [0.29, 0.717) is 18.8 Å². The van der Waals surface area contributed by atoms with E-state index in [9.17, 15) is 0 Å². The van der Waals surface area contributed by atoms with Crippen LogP contribution in [0.4, 0.5) is 5.69 Å². The monoisotopic (exact) mass is 356 g/mol. The molecule has 6 heteroatoms. The highest BCUT2D eigenvalue weighted by Crippen LogP contribution is 2.34. The van der Waals surface area contributed by atoms with Gasteiger partial charge in [-0.1, -0.05) is 13.8 Å². The number of hydrogen-bond acceptors (Lipinski definition) is 5. The SMILES string of the molecule is CC(C)Cc1cc(CN2CCC[C@@H](Nc3ccc4c(c3)OCO4)C2)[nH]n1. The number of fused-ring (bicyclic) bond motifs is 1. The molecule has 2 N–H and O–H groups in total. The number of H-pyrrole nitrogens is 1. The Hall–Kier alpha value is -2.21. The molecule has 4 rings (SSSR count). The molecule has 6 nitrogen and oxygen atoms in total. The Morgan fingerprint density at radius 2 is 2.15 bits per heavy atom. The van der Waals surface area contributed by atoms with Crippen molar-refractivity contribution in [1.29, 1.82) is 0 Å². The Balaban J connectivity index is 1.33. The summed E-state index contributed by atoms with van der Waals surface area (Å²) >= 11 is 0. The molecule has 2 aliphatic rings. The lowest BCUT2D eigenvalue weighted by atomic mass is 10.0. The minimum Gasteiger partial charge on any atom is -0.454 e. The fraction of sp³-hybridized carbons (Fsp3) is 0.550. The molecule has 0 unspecified atom stereocenters. The van der Waals surface area contributed by atoms with E-state index < -0.39 is 0 Å². The molecule has 1 saturated heterocycles. The number of benzene rings is 1. The number of rotatable bonds is 6. The maximum absolute atomic E-state index is 5.47. The van der Waals surface area contributed by atoms with Gasteiger partial charge in [-0.2, -0.15) is 5.10 Å². The number of aromatic amines is 1. The van der Waals surface area contributed by atoms with Crippen molar-refractivity contribution >= 4 is 5.69 Å². The lowest BCUT2D eigenvalue weighted by molar-refractivity contribution is 0.174. The smallest absolute Gasteiger partial charge is 0.231 e. The minimum absolute atomic E-state index is 0.318. The van der Waals surface area contributed by atoms with Gasteiger partial charge in [0.25, 0.3) is 0 Å². The van der Waals surface area contributed by atoms with Crippen LogP contribution in [0.25, 0.3) is 0 Å². The van der Waals surface area contributed by atoms with Crippen molar-refractivity contribution < 1.29 is 9.47 Å². The van der Waals surface area contributed by atoms with Gasteiger partial charge in [-0.05, 0) is 49.9 Å². The van der Waals surface area contributed by atoms with Gasteiger partial charge in [0.2, 0.25) is 6.79 Å². The summed E-state index contributed by atoms with van der Waals surface area (Å²) in [5, 5.41) is 11.3. The third-order valence-electron chi connectivity index (χ3n) is 4.94. The summed E-state index contributed by atoms with van der Waals surface area (Å²) in [6.45, 7) is 7.88. The molecule has 0 amide bonds. The minimum atomic E-state index is 0.318. The van der Waals surface area contributed by atoms with Crippen molar-refractivity contribution in [2.24, 2.45) is 5.92 Å². The van der Waals surface area contributed by atoms with E-state index in [2.05, 4.69) is 46.4 Å². The second-order valence-corrected chi connectivity index (χ2v) is 7.77. The first-order valence-electron chi connectivity index (χ1n) is 9.57. The Labute approximate surface area is 154 Å². The zero-order valence-electron chi connectivity index (χ0n) is 15.6. The molecule has 3 heterocycles. The van der Waals surface area contributed by atoms with Gasteiger partial charge >= 0.3 is 0 Å². The second kappa shape index (κ2) is 7.58. The maximum atomic E-state index is 5.47. The lowest BCUT2D eigenvalue weighted by Gasteiger charge is -2.33. The number of ether oxygens (including phenoxy) is 2. The molecule has 0 spiro atoms. The van der Waals surface area contributed by atoms with Crippen LogP contribution in [0.5, 0.6) is 11.5 Å². The number of hydrogen-bond donors (Lipinski definition) is 2. The van der Waals surface area contributed by atoms with Crippen LogP contribution >= 0.6 is 0 Å². The first-order valence-corrected chi connectivity index (χ1v) is 9.57. The Bertz CT molecular complexity index is 743. The standard InChI is InChI=1S/C20H28N4O2/c1-14(2)8-17-9-18(23-22-17)12-24-7-3-4-16(11-24)21-15-5-6-19-20(10-15)26-13-25-19/h5-6,9-10,14,16,21H,3-4,7-8,11-13H2,1-2H3,(H,22,23)/t16-/m1/s1. The zero-order chi connectivity index (χ0) is 17.9. The van der Waals surface area contributed by atoms with Gasteiger partial charge < -0.3 is 14.8 Å². The van der Waals surface area contributed by atoms with Gasteiger partial charge in [0.1, 0.15) is 0 Å². The van der Waals surface area contributed by atoms with E-state index >= 15 is 0 Å². The molecule has 1 atom stereocenters. The first-order chi connectivity index (χ1) is 12.7. The summed E-state index contributed by atoms with van der Waals surface area (Å²) in [4.78, 5) is 2.50. The highest BCUT2D eigenvalue weighted by atomic mass is 16.7. The third kappa shape index (κ3) is 4.12. The number of aromatic nitrogens is 2. The van der Waals surface area contributed by atoms with Crippen LogP contribution in [0.15, 0.2) is 24.3 Å². The summed E-state index contributed by atoms with van der Waals surface area (Å²) in [6.07, 6.45) is 3.42. The predicted molar refractivity (Wildman–Crippen MR) is 102 cm³/mol. The van der Waals surface area contributed by atoms with Crippen molar-refractivity contribution in [3.63, 3.8) is 0 Å². The summed E-state index contributed by atoms with van der Waals surface area (Å²) in [5.41, 5.74) is 3.48. The van der Waals surface area contributed by atoms with E-state index in [4.69, 9.17) is 9.47 Å². The number of likely N-dealkylation sites (tertiary alicyclic amines) is 1. The van der Waals surface area contributed by atoms with Crippen molar-refractivity contribution in [3.05, 3.63) is 35.7 Å². The molecular formula is C20H28N4O2.